The first-order valence-corrected chi connectivity index (χ1v) is 11.8. The zero-order chi connectivity index (χ0) is 19.2. The van der Waals surface area contributed by atoms with Gasteiger partial charge in [-0.2, -0.15) is 4.31 Å². The zero-order valence-electron chi connectivity index (χ0n) is 14.3. The molecule has 0 radical (unpaired) electrons. The number of fused-ring (bicyclic) bond motifs is 1. The second-order valence-electron chi connectivity index (χ2n) is 6.26. The van der Waals surface area contributed by atoms with Crippen LogP contribution in [0.25, 0.3) is 10.2 Å². The average Bonchev–Trinajstić information content (AvgIpc) is 3.38. The van der Waals surface area contributed by atoms with Crippen molar-refractivity contribution in [3.05, 3.63) is 40.2 Å². The number of halogens is 1. The minimum atomic E-state index is -3.67. The molecule has 1 saturated heterocycles. The third-order valence-corrected chi connectivity index (χ3v) is 9.20. The first kappa shape index (κ1) is 18.8. The van der Waals surface area contributed by atoms with Crippen molar-refractivity contribution in [3.63, 3.8) is 0 Å². The highest BCUT2D eigenvalue weighted by Gasteiger charge is 2.40. The molecule has 2 aromatic heterocycles. The standard InChI is InChI=1S/C17H16ClN3O3S3/c1-10-6-7-11(18)15-14(10)19-17(26-15)20-16(22)12-4-2-8-21(12)27(23,24)13-5-3-9-25-13/h3,5-7,9,12H,2,4,8H2,1H3,(H,19,20,22). The van der Waals surface area contributed by atoms with Crippen LogP contribution in [0.5, 0.6) is 0 Å². The summed E-state index contributed by atoms with van der Waals surface area (Å²) in [7, 11) is -3.67. The van der Waals surface area contributed by atoms with Crippen LogP contribution in [0.3, 0.4) is 0 Å². The number of benzene rings is 1. The van der Waals surface area contributed by atoms with Crippen LogP contribution in [0.15, 0.2) is 33.9 Å². The van der Waals surface area contributed by atoms with Crippen molar-refractivity contribution in [2.24, 2.45) is 0 Å². The predicted octanol–water partition coefficient (Wildman–Crippen LogP) is 4.11. The number of nitrogens with zero attached hydrogens (tertiary/aromatic N) is 2. The van der Waals surface area contributed by atoms with E-state index < -0.39 is 16.1 Å². The normalized spacial score (nSPS) is 18.2. The summed E-state index contributed by atoms with van der Waals surface area (Å²) in [6, 6.07) is 6.19. The highest BCUT2D eigenvalue weighted by atomic mass is 35.5. The van der Waals surface area contributed by atoms with Crippen LogP contribution in [0.1, 0.15) is 18.4 Å². The predicted molar refractivity (Wildman–Crippen MR) is 109 cm³/mol. The molecule has 1 atom stereocenters. The number of aromatic nitrogens is 1. The van der Waals surface area contributed by atoms with Crippen LogP contribution in [0, 0.1) is 6.92 Å². The van der Waals surface area contributed by atoms with E-state index in [0.29, 0.717) is 29.5 Å². The number of thiazole rings is 1. The second-order valence-corrected chi connectivity index (χ2v) is 10.7. The summed E-state index contributed by atoms with van der Waals surface area (Å²) in [6.07, 6.45) is 1.13. The number of carbonyl (C=O) groups is 1. The SMILES string of the molecule is Cc1ccc(Cl)c2sc(NC(=O)C3CCCN3S(=O)(=O)c3cccs3)nc12. The Balaban J connectivity index is 1.59. The molecule has 142 valence electrons. The molecular formula is C17H16ClN3O3S3. The van der Waals surface area contributed by atoms with Crippen LogP contribution < -0.4 is 5.32 Å². The Hall–Kier alpha value is -1.52. The molecule has 27 heavy (non-hydrogen) atoms. The molecular weight excluding hydrogens is 426 g/mol. The fraction of sp³-hybridized carbons (Fsp3) is 0.294. The lowest BCUT2D eigenvalue weighted by atomic mass is 10.2. The maximum absolute atomic E-state index is 12.8. The van der Waals surface area contributed by atoms with Crippen molar-refractivity contribution < 1.29 is 13.2 Å². The minimum Gasteiger partial charge on any atom is -0.301 e. The first-order valence-electron chi connectivity index (χ1n) is 8.30. The van der Waals surface area contributed by atoms with Gasteiger partial charge < -0.3 is 5.32 Å². The fourth-order valence-corrected chi connectivity index (χ4v) is 7.15. The molecule has 1 amide bonds. The van der Waals surface area contributed by atoms with Gasteiger partial charge in [-0.15, -0.1) is 11.3 Å². The summed E-state index contributed by atoms with van der Waals surface area (Å²) in [6.45, 7) is 2.26. The maximum Gasteiger partial charge on any atom is 0.253 e. The minimum absolute atomic E-state index is 0.254. The van der Waals surface area contributed by atoms with E-state index in [1.54, 1.807) is 23.6 Å². The molecule has 1 aromatic carbocycles. The Morgan fingerprint density at radius 2 is 2.19 bits per heavy atom. The molecule has 1 fully saturated rings. The van der Waals surface area contributed by atoms with Crippen molar-refractivity contribution in [2.45, 2.75) is 30.0 Å². The van der Waals surface area contributed by atoms with E-state index in [9.17, 15) is 13.2 Å². The molecule has 1 aliphatic rings. The van der Waals surface area contributed by atoms with Crippen LogP contribution in [-0.4, -0.2) is 36.2 Å². The Morgan fingerprint density at radius 1 is 1.37 bits per heavy atom. The van der Waals surface area contributed by atoms with Crippen LogP contribution in [-0.2, 0) is 14.8 Å². The quantitative estimate of drug-likeness (QED) is 0.660. The van der Waals surface area contributed by atoms with Crippen molar-refractivity contribution in [1.29, 1.82) is 0 Å². The largest absolute Gasteiger partial charge is 0.301 e. The molecule has 10 heteroatoms. The molecule has 0 aliphatic carbocycles. The topological polar surface area (TPSA) is 79.4 Å². The van der Waals surface area contributed by atoms with E-state index in [0.717, 1.165) is 27.1 Å². The lowest BCUT2D eigenvalue weighted by molar-refractivity contribution is -0.119. The molecule has 0 spiro atoms. The van der Waals surface area contributed by atoms with Crippen LogP contribution in [0.4, 0.5) is 5.13 Å². The number of sulfonamides is 1. The van der Waals surface area contributed by atoms with Crippen molar-refractivity contribution in [2.75, 3.05) is 11.9 Å². The number of hydrogen-bond acceptors (Lipinski definition) is 6. The highest BCUT2D eigenvalue weighted by molar-refractivity contribution is 7.91. The van der Waals surface area contributed by atoms with Gasteiger partial charge in [-0.3, -0.25) is 4.79 Å². The van der Waals surface area contributed by atoms with Gasteiger partial charge in [0.2, 0.25) is 5.91 Å². The van der Waals surface area contributed by atoms with Gasteiger partial charge in [-0.1, -0.05) is 35.1 Å². The third-order valence-electron chi connectivity index (χ3n) is 4.49. The monoisotopic (exact) mass is 441 g/mol. The maximum atomic E-state index is 12.8. The van der Waals surface area contributed by atoms with Gasteiger partial charge in [-0.05, 0) is 42.8 Å². The number of hydrogen-bond donors (Lipinski definition) is 1. The average molecular weight is 442 g/mol. The van der Waals surface area contributed by atoms with Gasteiger partial charge in [0.15, 0.2) is 5.13 Å². The van der Waals surface area contributed by atoms with E-state index in [-0.39, 0.29) is 10.1 Å². The lowest BCUT2D eigenvalue weighted by Crippen LogP contribution is -2.42. The lowest BCUT2D eigenvalue weighted by Gasteiger charge is -2.22. The Morgan fingerprint density at radius 3 is 2.89 bits per heavy atom. The number of thiophene rings is 1. The molecule has 3 aromatic rings. The van der Waals surface area contributed by atoms with E-state index in [4.69, 9.17) is 11.6 Å². The number of carbonyl (C=O) groups excluding carboxylic acids is 1. The number of amides is 1. The molecule has 0 bridgehead atoms. The summed E-state index contributed by atoms with van der Waals surface area (Å²) in [5.41, 5.74) is 1.71. The Kier molecular flexibility index (Phi) is 4.98. The molecule has 4 rings (SSSR count). The second kappa shape index (κ2) is 7.14. The molecule has 0 saturated carbocycles. The van der Waals surface area contributed by atoms with E-state index in [1.807, 2.05) is 13.0 Å². The molecule has 1 aliphatic heterocycles. The molecule has 3 heterocycles. The number of anilines is 1. The van der Waals surface area contributed by atoms with Gasteiger partial charge in [0.25, 0.3) is 10.0 Å². The molecule has 1 unspecified atom stereocenters. The summed E-state index contributed by atoms with van der Waals surface area (Å²) < 4.78 is 28.0. The van der Waals surface area contributed by atoms with Crippen LogP contribution >= 0.6 is 34.3 Å². The highest BCUT2D eigenvalue weighted by Crippen LogP contribution is 2.35. The van der Waals surface area contributed by atoms with Crippen molar-refractivity contribution >= 4 is 65.6 Å². The zero-order valence-corrected chi connectivity index (χ0v) is 17.5. The number of nitrogens with one attached hydrogen (secondary N) is 1. The van der Waals surface area contributed by atoms with Crippen molar-refractivity contribution in [1.82, 2.24) is 9.29 Å². The third kappa shape index (κ3) is 3.38. The van der Waals surface area contributed by atoms with Crippen LogP contribution in [0.2, 0.25) is 5.02 Å². The summed E-state index contributed by atoms with van der Waals surface area (Å²) in [5, 5.41) is 5.50. The summed E-state index contributed by atoms with van der Waals surface area (Å²) >= 11 is 8.66. The van der Waals surface area contributed by atoms with Crippen molar-refractivity contribution in [3.8, 4) is 0 Å². The Bertz CT molecular complexity index is 1070. The smallest absolute Gasteiger partial charge is 0.253 e. The number of aryl methyl sites for hydroxylation is 1. The Labute approximate surface area is 169 Å². The van der Waals surface area contributed by atoms with E-state index >= 15 is 0 Å². The first-order chi connectivity index (χ1) is 12.9. The van der Waals surface area contributed by atoms with Gasteiger partial charge in [0.05, 0.1) is 15.2 Å². The van der Waals surface area contributed by atoms with Gasteiger partial charge >= 0.3 is 0 Å². The summed E-state index contributed by atoms with van der Waals surface area (Å²) in [4.78, 5) is 17.3. The van der Waals surface area contributed by atoms with E-state index in [1.165, 1.54) is 15.6 Å². The fourth-order valence-electron chi connectivity index (χ4n) is 3.16. The van der Waals surface area contributed by atoms with Gasteiger partial charge in [0, 0.05) is 6.54 Å². The molecule has 1 N–H and O–H groups in total. The summed E-state index contributed by atoms with van der Waals surface area (Å²) in [5.74, 6) is -0.361. The van der Waals surface area contributed by atoms with Gasteiger partial charge in [0.1, 0.15) is 10.3 Å². The number of rotatable bonds is 4. The van der Waals surface area contributed by atoms with Gasteiger partial charge in [-0.25, -0.2) is 13.4 Å². The van der Waals surface area contributed by atoms with E-state index in [2.05, 4.69) is 10.3 Å². The molecule has 6 nitrogen and oxygen atoms in total.